The molecule has 0 saturated carbocycles. The van der Waals surface area contributed by atoms with Gasteiger partial charge in [0.15, 0.2) is 0 Å². The van der Waals surface area contributed by atoms with Gasteiger partial charge in [-0.25, -0.2) is 0 Å². The van der Waals surface area contributed by atoms with E-state index < -0.39 is 7.60 Å². The molecule has 0 aromatic heterocycles. The van der Waals surface area contributed by atoms with Crippen molar-refractivity contribution in [2.24, 2.45) is 0 Å². The minimum atomic E-state index is -2.92. The highest BCUT2D eigenvalue weighted by atomic mass is 31.2. The number of rotatable bonds is 8. The van der Waals surface area contributed by atoms with Crippen LogP contribution >= 0.6 is 7.60 Å². The van der Waals surface area contributed by atoms with E-state index >= 15 is 0 Å². The summed E-state index contributed by atoms with van der Waals surface area (Å²) in [7, 11) is -2.92. The molecule has 0 aromatic rings. The zero-order valence-electron chi connectivity index (χ0n) is 8.29. The summed E-state index contributed by atoms with van der Waals surface area (Å²) in [6, 6.07) is 0. The minimum Gasteiger partial charge on any atom is -0.309 e. The minimum absolute atomic E-state index is 0.318. The van der Waals surface area contributed by atoms with E-state index in [1.165, 1.54) is 0 Å². The van der Waals surface area contributed by atoms with Gasteiger partial charge in [-0.15, -0.1) is 0 Å². The second-order valence-corrected chi connectivity index (χ2v) is 4.75. The van der Waals surface area contributed by atoms with Crippen LogP contribution in [0.1, 0.15) is 26.7 Å². The largest absolute Gasteiger partial charge is 0.330 e. The van der Waals surface area contributed by atoms with Crippen LogP contribution < -0.4 is 0 Å². The molecule has 0 aliphatic heterocycles. The Labute approximate surface area is 79.1 Å². The van der Waals surface area contributed by atoms with Gasteiger partial charge < -0.3 is 9.05 Å². The monoisotopic (exact) mass is 212 g/mol. The standard InChI is InChI=1S/C8H18FO3P/c1-3-11-13(10,12-4-2)8-6-5-7-9/h3-8H2,1-2H3. The molecule has 0 atom stereocenters. The lowest BCUT2D eigenvalue weighted by atomic mass is 10.4. The molecule has 0 N–H and O–H groups in total. The maximum atomic E-state index is 11.8. The Bertz CT molecular complexity index is 153. The van der Waals surface area contributed by atoms with Crippen molar-refractivity contribution in [1.82, 2.24) is 0 Å². The van der Waals surface area contributed by atoms with E-state index in [1.54, 1.807) is 13.8 Å². The van der Waals surface area contributed by atoms with Gasteiger partial charge in [0.05, 0.1) is 26.1 Å². The highest BCUT2D eigenvalue weighted by Gasteiger charge is 2.22. The van der Waals surface area contributed by atoms with Crippen molar-refractivity contribution < 1.29 is 18.0 Å². The molecule has 0 rings (SSSR count). The summed E-state index contributed by atoms with van der Waals surface area (Å²) in [4.78, 5) is 0. The van der Waals surface area contributed by atoms with Gasteiger partial charge in [0.1, 0.15) is 0 Å². The van der Waals surface area contributed by atoms with Crippen molar-refractivity contribution in [2.75, 3.05) is 26.1 Å². The van der Waals surface area contributed by atoms with Crippen molar-refractivity contribution in [2.45, 2.75) is 26.7 Å². The Morgan fingerprint density at radius 2 is 1.69 bits per heavy atom. The van der Waals surface area contributed by atoms with Crippen LogP contribution in [0.25, 0.3) is 0 Å². The van der Waals surface area contributed by atoms with E-state index in [-0.39, 0.29) is 6.67 Å². The number of halogens is 1. The summed E-state index contributed by atoms with van der Waals surface area (Å²) in [6.45, 7) is 3.89. The van der Waals surface area contributed by atoms with Crippen LogP contribution in [0, 0.1) is 0 Å². The van der Waals surface area contributed by atoms with Gasteiger partial charge in [0, 0.05) is 0 Å². The molecule has 80 valence electrons. The third-order valence-electron chi connectivity index (χ3n) is 1.47. The topological polar surface area (TPSA) is 35.5 Å². The van der Waals surface area contributed by atoms with Crippen LogP contribution in [-0.2, 0) is 13.6 Å². The molecule has 0 amide bonds. The lowest BCUT2D eigenvalue weighted by Crippen LogP contribution is -2.00. The Kier molecular flexibility index (Phi) is 7.53. The zero-order chi connectivity index (χ0) is 10.2. The molecule has 0 fully saturated rings. The summed E-state index contributed by atoms with van der Waals surface area (Å²) >= 11 is 0. The zero-order valence-corrected chi connectivity index (χ0v) is 9.19. The third-order valence-corrected chi connectivity index (χ3v) is 3.63. The van der Waals surface area contributed by atoms with Gasteiger partial charge in [-0.3, -0.25) is 8.96 Å². The molecule has 13 heavy (non-hydrogen) atoms. The summed E-state index contributed by atoms with van der Waals surface area (Å²) in [5.41, 5.74) is 0. The third kappa shape index (κ3) is 6.19. The first-order valence-electron chi connectivity index (χ1n) is 4.62. The average molecular weight is 212 g/mol. The van der Waals surface area contributed by atoms with Crippen molar-refractivity contribution in [3.63, 3.8) is 0 Å². The quantitative estimate of drug-likeness (QED) is 0.458. The molecule has 3 nitrogen and oxygen atoms in total. The lowest BCUT2D eigenvalue weighted by Gasteiger charge is -2.16. The molecular weight excluding hydrogens is 194 g/mol. The Balaban J connectivity index is 3.85. The summed E-state index contributed by atoms with van der Waals surface area (Å²) < 4.78 is 33.5. The Hall–Kier alpha value is 0.0800. The summed E-state index contributed by atoms with van der Waals surface area (Å²) in [5.74, 6) is 0. The van der Waals surface area contributed by atoms with Gasteiger partial charge in [0.25, 0.3) is 0 Å². The molecule has 0 aliphatic carbocycles. The first kappa shape index (κ1) is 13.1. The molecule has 0 unspecified atom stereocenters. The van der Waals surface area contributed by atoms with Crippen LogP contribution in [0.5, 0.6) is 0 Å². The van der Waals surface area contributed by atoms with Crippen LogP contribution in [0.4, 0.5) is 4.39 Å². The first-order chi connectivity index (χ1) is 6.18. The summed E-state index contributed by atoms with van der Waals surface area (Å²) in [5, 5.41) is 0. The van der Waals surface area contributed by atoms with Crippen LogP contribution in [0.3, 0.4) is 0 Å². The predicted octanol–water partition coefficient (Wildman–Crippen LogP) is 3.00. The molecule has 0 bridgehead atoms. The van der Waals surface area contributed by atoms with E-state index in [4.69, 9.17) is 9.05 Å². The van der Waals surface area contributed by atoms with E-state index in [0.29, 0.717) is 32.2 Å². The van der Waals surface area contributed by atoms with Gasteiger partial charge >= 0.3 is 7.60 Å². The van der Waals surface area contributed by atoms with Gasteiger partial charge in [0.2, 0.25) is 0 Å². The van der Waals surface area contributed by atoms with Crippen molar-refractivity contribution in [3.8, 4) is 0 Å². The SMILES string of the molecule is CCOP(=O)(CCCCF)OCC. The van der Waals surface area contributed by atoms with E-state index in [2.05, 4.69) is 0 Å². The fraction of sp³-hybridized carbons (Fsp3) is 1.00. The molecule has 0 saturated heterocycles. The normalized spacial score (nSPS) is 11.9. The van der Waals surface area contributed by atoms with Gasteiger partial charge in [-0.1, -0.05) is 0 Å². The number of unbranched alkanes of at least 4 members (excludes halogenated alkanes) is 1. The second kappa shape index (κ2) is 7.48. The fourth-order valence-corrected chi connectivity index (χ4v) is 2.69. The lowest BCUT2D eigenvalue weighted by molar-refractivity contribution is 0.219. The number of hydrogen-bond donors (Lipinski definition) is 0. The Morgan fingerprint density at radius 1 is 1.15 bits per heavy atom. The highest BCUT2D eigenvalue weighted by Crippen LogP contribution is 2.48. The first-order valence-corrected chi connectivity index (χ1v) is 6.35. The molecule has 0 heterocycles. The summed E-state index contributed by atoms with van der Waals surface area (Å²) in [6.07, 6.45) is 1.29. The van der Waals surface area contributed by atoms with Crippen LogP contribution in [0.2, 0.25) is 0 Å². The smallest absolute Gasteiger partial charge is 0.309 e. The van der Waals surface area contributed by atoms with Crippen molar-refractivity contribution >= 4 is 7.60 Å². The molecule has 0 radical (unpaired) electrons. The van der Waals surface area contributed by atoms with Crippen molar-refractivity contribution in [1.29, 1.82) is 0 Å². The van der Waals surface area contributed by atoms with Gasteiger partial charge in [-0.2, -0.15) is 0 Å². The van der Waals surface area contributed by atoms with E-state index in [1.807, 2.05) is 0 Å². The second-order valence-electron chi connectivity index (χ2n) is 2.57. The maximum absolute atomic E-state index is 11.8. The molecule has 5 heteroatoms. The van der Waals surface area contributed by atoms with Crippen molar-refractivity contribution in [3.05, 3.63) is 0 Å². The molecule has 0 aliphatic rings. The van der Waals surface area contributed by atoms with E-state index in [0.717, 1.165) is 0 Å². The van der Waals surface area contributed by atoms with Gasteiger partial charge in [-0.05, 0) is 26.7 Å². The van der Waals surface area contributed by atoms with Crippen LogP contribution in [-0.4, -0.2) is 26.1 Å². The average Bonchev–Trinajstić information content (AvgIpc) is 2.05. The predicted molar refractivity (Wildman–Crippen MR) is 50.9 cm³/mol. The maximum Gasteiger partial charge on any atom is 0.330 e. The van der Waals surface area contributed by atoms with Crippen LogP contribution in [0.15, 0.2) is 0 Å². The Morgan fingerprint density at radius 3 is 2.08 bits per heavy atom. The molecular formula is C8H18FO3P. The highest BCUT2D eigenvalue weighted by molar-refractivity contribution is 7.53. The molecule has 0 spiro atoms. The van der Waals surface area contributed by atoms with E-state index in [9.17, 15) is 8.96 Å². The fourth-order valence-electron chi connectivity index (χ4n) is 0.960. The number of alkyl halides is 1. The number of hydrogen-bond acceptors (Lipinski definition) is 3. The molecule has 0 aromatic carbocycles.